The number of nitrogens with zero attached hydrogens (tertiary/aromatic N) is 1. The van der Waals surface area contributed by atoms with Crippen LogP contribution < -0.4 is 4.74 Å². The van der Waals surface area contributed by atoms with Crippen LogP contribution in [-0.2, 0) is 12.8 Å². The summed E-state index contributed by atoms with van der Waals surface area (Å²) < 4.78 is 40.9. The van der Waals surface area contributed by atoms with Gasteiger partial charge in [0.1, 0.15) is 11.6 Å². The molecule has 23 heavy (non-hydrogen) atoms. The van der Waals surface area contributed by atoms with E-state index in [0.29, 0.717) is 0 Å². The Kier molecular flexibility index (Phi) is 4.23. The zero-order chi connectivity index (χ0) is 16.3. The van der Waals surface area contributed by atoms with Gasteiger partial charge in [0.15, 0.2) is 6.61 Å². The van der Waals surface area contributed by atoms with Gasteiger partial charge in [-0.3, -0.25) is 0 Å². The summed E-state index contributed by atoms with van der Waals surface area (Å²) in [6.07, 6.45) is -2.84. The third-order valence-electron chi connectivity index (χ3n) is 3.41. The molecule has 0 saturated carbocycles. The molecule has 0 amide bonds. The highest BCUT2D eigenvalue weighted by molar-refractivity contribution is 5.74. The maximum Gasteiger partial charge on any atom is 0.422 e. The molecule has 0 bridgehead atoms. The molecule has 0 aliphatic rings. The first-order valence-electron chi connectivity index (χ1n) is 7.22. The van der Waals surface area contributed by atoms with Crippen LogP contribution in [0.25, 0.3) is 11.0 Å². The Morgan fingerprint density at radius 1 is 0.957 bits per heavy atom. The van der Waals surface area contributed by atoms with E-state index in [2.05, 4.69) is 14.7 Å². The molecule has 3 aromatic rings. The summed E-state index contributed by atoms with van der Waals surface area (Å²) in [5.74, 6) is 1.11. The van der Waals surface area contributed by atoms with Crippen molar-refractivity contribution in [3.8, 4) is 5.75 Å². The SMILES string of the molecule is FC(F)(F)COc1ccc(CCc2nc3ccccc3[nH]2)cc1. The van der Waals surface area contributed by atoms with Gasteiger partial charge in [0.05, 0.1) is 11.0 Å². The second kappa shape index (κ2) is 6.32. The Balaban J connectivity index is 1.58. The summed E-state index contributed by atoms with van der Waals surface area (Å²) in [6, 6.07) is 14.5. The van der Waals surface area contributed by atoms with E-state index in [4.69, 9.17) is 0 Å². The number of aromatic nitrogens is 2. The highest BCUT2D eigenvalue weighted by Crippen LogP contribution is 2.19. The number of alkyl halides is 3. The lowest BCUT2D eigenvalue weighted by atomic mass is 10.1. The fraction of sp³-hybridized carbons (Fsp3) is 0.235. The van der Waals surface area contributed by atoms with Crippen LogP contribution in [0, 0.1) is 0 Å². The average molecular weight is 320 g/mol. The fourth-order valence-electron chi connectivity index (χ4n) is 2.30. The summed E-state index contributed by atoms with van der Waals surface area (Å²) in [7, 11) is 0. The Hall–Kier alpha value is -2.50. The predicted molar refractivity (Wildman–Crippen MR) is 81.5 cm³/mol. The summed E-state index contributed by atoms with van der Waals surface area (Å²) in [5, 5.41) is 0. The van der Waals surface area contributed by atoms with E-state index in [1.165, 1.54) is 0 Å². The number of aromatic amines is 1. The van der Waals surface area contributed by atoms with Crippen molar-refractivity contribution in [2.24, 2.45) is 0 Å². The molecule has 0 aliphatic heterocycles. The molecule has 6 heteroatoms. The minimum Gasteiger partial charge on any atom is -0.484 e. The van der Waals surface area contributed by atoms with Crippen molar-refractivity contribution in [1.82, 2.24) is 9.97 Å². The van der Waals surface area contributed by atoms with Crippen molar-refractivity contribution in [3.63, 3.8) is 0 Å². The number of aryl methyl sites for hydroxylation is 2. The summed E-state index contributed by atoms with van der Waals surface area (Å²) in [4.78, 5) is 7.75. The number of benzene rings is 2. The molecule has 0 aliphatic carbocycles. The van der Waals surface area contributed by atoms with Gasteiger partial charge in [-0.15, -0.1) is 0 Å². The van der Waals surface area contributed by atoms with Gasteiger partial charge in [-0.1, -0.05) is 24.3 Å². The molecule has 1 heterocycles. The molecular formula is C17H15F3N2O. The molecular weight excluding hydrogens is 305 g/mol. The van der Waals surface area contributed by atoms with Gasteiger partial charge in [-0.2, -0.15) is 13.2 Å². The molecule has 0 atom stereocenters. The van der Waals surface area contributed by atoms with E-state index in [0.717, 1.165) is 35.3 Å². The van der Waals surface area contributed by atoms with Crippen LogP contribution in [0.5, 0.6) is 5.75 Å². The van der Waals surface area contributed by atoms with Crippen LogP contribution >= 0.6 is 0 Å². The molecule has 0 unspecified atom stereocenters. The van der Waals surface area contributed by atoms with E-state index >= 15 is 0 Å². The third kappa shape index (κ3) is 4.25. The minimum absolute atomic E-state index is 0.217. The van der Waals surface area contributed by atoms with Crippen molar-refractivity contribution >= 4 is 11.0 Å². The highest BCUT2D eigenvalue weighted by atomic mass is 19.4. The molecule has 0 spiro atoms. The number of halogens is 3. The number of imidazole rings is 1. The summed E-state index contributed by atoms with van der Waals surface area (Å²) in [6.45, 7) is -1.27. The van der Waals surface area contributed by atoms with Gasteiger partial charge in [-0.05, 0) is 36.2 Å². The van der Waals surface area contributed by atoms with Crippen molar-refractivity contribution in [2.45, 2.75) is 19.0 Å². The molecule has 0 fully saturated rings. The number of nitrogens with one attached hydrogen (secondary N) is 1. The molecule has 1 N–H and O–H groups in total. The normalized spacial score (nSPS) is 11.8. The average Bonchev–Trinajstić information content (AvgIpc) is 2.94. The predicted octanol–water partition coefficient (Wildman–Crippen LogP) is 4.29. The molecule has 120 valence electrons. The number of hydrogen-bond acceptors (Lipinski definition) is 2. The van der Waals surface area contributed by atoms with Crippen LogP contribution in [0.2, 0.25) is 0 Å². The largest absolute Gasteiger partial charge is 0.484 e. The maximum absolute atomic E-state index is 12.1. The van der Waals surface area contributed by atoms with E-state index in [1.807, 2.05) is 24.3 Å². The van der Waals surface area contributed by atoms with Gasteiger partial charge in [0.25, 0.3) is 0 Å². The van der Waals surface area contributed by atoms with Crippen molar-refractivity contribution in [3.05, 3.63) is 59.9 Å². The van der Waals surface area contributed by atoms with Gasteiger partial charge in [0.2, 0.25) is 0 Å². The number of hydrogen-bond donors (Lipinski definition) is 1. The minimum atomic E-state index is -4.32. The highest BCUT2D eigenvalue weighted by Gasteiger charge is 2.28. The van der Waals surface area contributed by atoms with Crippen molar-refractivity contribution in [1.29, 1.82) is 0 Å². The first-order chi connectivity index (χ1) is 11.0. The van der Waals surface area contributed by atoms with E-state index in [9.17, 15) is 13.2 Å². The van der Waals surface area contributed by atoms with E-state index < -0.39 is 12.8 Å². The van der Waals surface area contributed by atoms with E-state index in [1.54, 1.807) is 24.3 Å². The lowest BCUT2D eigenvalue weighted by Crippen LogP contribution is -2.19. The monoisotopic (exact) mass is 320 g/mol. The fourth-order valence-corrected chi connectivity index (χ4v) is 2.30. The van der Waals surface area contributed by atoms with Crippen molar-refractivity contribution in [2.75, 3.05) is 6.61 Å². The maximum atomic E-state index is 12.1. The third-order valence-corrected chi connectivity index (χ3v) is 3.41. The van der Waals surface area contributed by atoms with E-state index in [-0.39, 0.29) is 5.75 Å². The standard InChI is InChI=1S/C17H15F3N2O/c18-17(19,20)11-23-13-8-5-12(6-9-13)7-10-16-21-14-3-1-2-4-15(14)22-16/h1-6,8-9H,7,10-11H2,(H,21,22). The number of H-pyrrole nitrogens is 1. The van der Waals surface area contributed by atoms with Crippen molar-refractivity contribution < 1.29 is 17.9 Å². The lowest BCUT2D eigenvalue weighted by molar-refractivity contribution is -0.153. The topological polar surface area (TPSA) is 37.9 Å². The van der Waals surface area contributed by atoms with Crippen LogP contribution in [-0.4, -0.2) is 22.8 Å². The number of ether oxygens (including phenoxy) is 1. The summed E-state index contributed by atoms with van der Waals surface area (Å²) >= 11 is 0. The Bertz CT molecular complexity index is 745. The van der Waals surface area contributed by atoms with Gasteiger partial charge in [-0.25, -0.2) is 4.98 Å². The summed E-state index contributed by atoms with van der Waals surface area (Å²) in [5.41, 5.74) is 2.95. The Morgan fingerprint density at radius 2 is 1.70 bits per heavy atom. The van der Waals surface area contributed by atoms with Gasteiger partial charge < -0.3 is 9.72 Å². The first-order valence-corrected chi connectivity index (χ1v) is 7.22. The molecule has 0 radical (unpaired) electrons. The van der Waals surface area contributed by atoms with Crippen LogP contribution in [0.4, 0.5) is 13.2 Å². The molecule has 1 aromatic heterocycles. The Labute approximate surface area is 131 Å². The number of rotatable bonds is 5. The number of para-hydroxylation sites is 2. The zero-order valence-corrected chi connectivity index (χ0v) is 12.2. The second-order valence-electron chi connectivity index (χ2n) is 5.25. The zero-order valence-electron chi connectivity index (χ0n) is 12.2. The molecule has 0 saturated heterocycles. The quantitative estimate of drug-likeness (QED) is 0.761. The van der Waals surface area contributed by atoms with Gasteiger partial charge in [0, 0.05) is 6.42 Å². The van der Waals surface area contributed by atoms with Crippen LogP contribution in [0.3, 0.4) is 0 Å². The molecule has 2 aromatic carbocycles. The smallest absolute Gasteiger partial charge is 0.422 e. The molecule has 3 rings (SSSR count). The van der Waals surface area contributed by atoms with Gasteiger partial charge >= 0.3 is 6.18 Å². The first kappa shape index (κ1) is 15.4. The van der Waals surface area contributed by atoms with Crippen LogP contribution in [0.15, 0.2) is 48.5 Å². The lowest BCUT2D eigenvalue weighted by Gasteiger charge is -2.09. The number of fused-ring (bicyclic) bond motifs is 1. The Morgan fingerprint density at radius 3 is 2.39 bits per heavy atom. The van der Waals surface area contributed by atoms with Crippen LogP contribution in [0.1, 0.15) is 11.4 Å². The second-order valence-corrected chi connectivity index (χ2v) is 5.25. The molecule has 3 nitrogen and oxygen atoms in total.